The van der Waals surface area contributed by atoms with Crippen molar-refractivity contribution in [2.75, 3.05) is 19.6 Å². The number of amidine groups is 1. The van der Waals surface area contributed by atoms with E-state index in [2.05, 4.69) is 15.6 Å². The summed E-state index contributed by atoms with van der Waals surface area (Å²) < 4.78 is 10.8. The van der Waals surface area contributed by atoms with Crippen LogP contribution in [0.1, 0.15) is 65.4 Å². The Morgan fingerprint density at radius 2 is 1.92 bits per heavy atom. The number of nitrogens with zero attached hydrogens (tertiary/aromatic N) is 2. The molecule has 0 radical (unpaired) electrons. The maximum Gasteiger partial charge on any atom is 0.410 e. The van der Waals surface area contributed by atoms with Gasteiger partial charge in [0.05, 0.1) is 11.9 Å². The monoisotopic (exact) mass is 503 g/mol. The van der Waals surface area contributed by atoms with Crippen LogP contribution in [0.15, 0.2) is 35.3 Å². The van der Waals surface area contributed by atoms with Crippen molar-refractivity contribution in [1.29, 1.82) is 0 Å². The molecule has 1 heterocycles. The van der Waals surface area contributed by atoms with Crippen LogP contribution in [0.3, 0.4) is 0 Å². The molecule has 2 atom stereocenters. The average molecular weight is 504 g/mol. The van der Waals surface area contributed by atoms with Gasteiger partial charge in [0.15, 0.2) is 0 Å². The Bertz CT molecular complexity index is 880. The number of hydrogen-bond acceptors (Lipinski definition) is 6. The molecular formula is C26H41N5O5. The summed E-state index contributed by atoms with van der Waals surface area (Å²) in [6.07, 6.45) is 2.48. The largest absolute Gasteiger partial charge is 0.445 e. The molecule has 3 amide bonds. The second-order valence-corrected chi connectivity index (χ2v) is 9.99. The summed E-state index contributed by atoms with van der Waals surface area (Å²) in [6.45, 7) is 8.46. The Labute approximate surface area is 214 Å². The summed E-state index contributed by atoms with van der Waals surface area (Å²) >= 11 is 0. The first-order valence-corrected chi connectivity index (χ1v) is 12.6. The average Bonchev–Trinajstić information content (AvgIpc) is 2.82. The molecule has 2 rings (SSSR count). The fourth-order valence-electron chi connectivity index (χ4n) is 3.87. The summed E-state index contributed by atoms with van der Waals surface area (Å²) in [6, 6.07) is 8.53. The summed E-state index contributed by atoms with van der Waals surface area (Å²) in [5.74, 6) is 0.130. The van der Waals surface area contributed by atoms with Gasteiger partial charge in [-0.2, -0.15) is 0 Å². The highest BCUT2D eigenvalue weighted by atomic mass is 16.6. The van der Waals surface area contributed by atoms with Crippen LogP contribution >= 0.6 is 0 Å². The quantitative estimate of drug-likeness (QED) is 0.255. The molecule has 200 valence electrons. The highest BCUT2D eigenvalue weighted by Gasteiger charge is 2.30. The van der Waals surface area contributed by atoms with Gasteiger partial charge in [-0.05, 0) is 65.4 Å². The van der Waals surface area contributed by atoms with Crippen LogP contribution < -0.4 is 16.4 Å². The lowest BCUT2D eigenvalue weighted by molar-refractivity contribution is -0.123. The third kappa shape index (κ3) is 11.0. The van der Waals surface area contributed by atoms with Gasteiger partial charge in [-0.25, -0.2) is 9.59 Å². The van der Waals surface area contributed by atoms with Crippen LogP contribution in [0.25, 0.3) is 0 Å². The molecule has 1 aliphatic heterocycles. The lowest BCUT2D eigenvalue weighted by atomic mass is 10.0. The number of carbonyl (C=O) groups is 3. The van der Waals surface area contributed by atoms with Crippen molar-refractivity contribution in [3.63, 3.8) is 0 Å². The molecule has 10 nitrogen and oxygen atoms in total. The topological polar surface area (TPSA) is 135 Å². The number of aliphatic imine (C=N–C) groups is 1. The molecule has 4 N–H and O–H groups in total. The molecule has 0 aliphatic carbocycles. The molecule has 1 unspecified atom stereocenters. The molecule has 0 aromatic heterocycles. The number of ether oxygens (including phenoxy) is 2. The first kappa shape index (κ1) is 28.9. The van der Waals surface area contributed by atoms with E-state index in [1.165, 1.54) is 0 Å². The van der Waals surface area contributed by atoms with E-state index < -0.39 is 23.8 Å². The van der Waals surface area contributed by atoms with Gasteiger partial charge >= 0.3 is 12.2 Å². The van der Waals surface area contributed by atoms with E-state index in [1.807, 2.05) is 30.3 Å². The number of alkyl carbamates (subject to hydrolysis) is 1. The zero-order chi connectivity index (χ0) is 26.6. The van der Waals surface area contributed by atoms with Crippen LogP contribution in [0.2, 0.25) is 0 Å². The fourth-order valence-corrected chi connectivity index (χ4v) is 3.87. The van der Waals surface area contributed by atoms with E-state index in [0.29, 0.717) is 31.8 Å². The van der Waals surface area contributed by atoms with Crippen LogP contribution in [0, 0.1) is 0 Å². The maximum atomic E-state index is 13.0. The van der Waals surface area contributed by atoms with E-state index in [9.17, 15) is 14.4 Å². The minimum Gasteiger partial charge on any atom is -0.445 e. The molecule has 1 saturated heterocycles. The van der Waals surface area contributed by atoms with Gasteiger partial charge in [0, 0.05) is 19.6 Å². The third-order valence-corrected chi connectivity index (χ3v) is 5.60. The predicted octanol–water partition coefficient (Wildman–Crippen LogP) is 3.34. The minimum atomic E-state index is -0.796. The third-order valence-electron chi connectivity index (χ3n) is 5.60. The first-order chi connectivity index (χ1) is 17.0. The van der Waals surface area contributed by atoms with Crippen molar-refractivity contribution in [1.82, 2.24) is 15.5 Å². The highest BCUT2D eigenvalue weighted by molar-refractivity contribution is 5.85. The fraction of sp³-hybridized carbons (Fsp3) is 0.615. The van der Waals surface area contributed by atoms with Crippen LogP contribution in [0.4, 0.5) is 9.59 Å². The number of benzene rings is 1. The van der Waals surface area contributed by atoms with Gasteiger partial charge in [-0.15, -0.1) is 0 Å². The molecular weight excluding hydrogens is 462 g/mol. The summed E-state index contributed by atoms with van der Waals surface area (Å²) in [5.41, 5.74) is 5.81. The van der Waals surface area contributed by atoms with Gasteiger partial charge in [0.25, 0.3) is 0 Å². The Morgan fingerprint density at radius 1 is 1.19 bits per heavy atom. The van der Waals surface area contributed by atoms with Crippen LogP contribution in [0.5, 0.6) is 0 Å². The van der Waals surface area contributed by atoms with Crippen molar-refractivity contribution in [3.8, 4) is 0 Å². The molecule has 1 aromatic carbocycles. The van der Waals surface area contributed by atoms with E-state index in [-0.39, 0.29) is 25.1 Å². The SMILES string of the molecule is CC(N)=NCCC[C@H](NC(=O)OC(C)(C)C)C(=O)NCC1CCCCN1C(=O)OCc1ccccc1. The second kappa shape index (κ2) is 14.3. The molecule has 0 spiro atoms. The van der Waals surface area contributed by atoms with Crippen LogP contribution in [-0.2, 0) is 20.9 Å². The number of rotatable bonds is 10. The van der Waals surface area contributed by atoms with Crippen molar-refractivity contribution in [2.45, 2.75) is 84.1 Å². The molecule has 1 fully saturated rings. The molecule has 1 aliphatic rings. The Kier molecular flexibility index (Phi) is 11.5. The number of hydrogen-bond donors (Lipinski definition) is 3. The lowest BCUT2D eigenvalue weighted by Crippen LogP contribution is -2.53. The van der Waals surface area contributed by atoms with Crippen molar-refractivity contribution in [3.05, 3.63) is 35.9 Å². The standard InChI is InChI=1S/C26H41N5O5/c1-19(27)28-15-10-14-22(30-24(33)36-26(2,3)4)23(32)29-17-21-13-8-9-16-31(21)25(34)35-18-20-11-6-5-7-12-20/h5-7,11-12,21-22H,8-10,13-18H2,1-4H3,(H2,27,28)(H,29,32)(H,30,33)/t21?,22-/m0/s1. The smallest absolute Gasteiger partial charge is 0.410 e. The Hall–Kier alpha value is -3.30. The zero-order valence-electron chi connectivity index (χ0n) is 21.9. The van der Waals surface area contributed by atoms with Gasteiger partial charge in [-0.1, -0.05) is 30.3 Å². The van der Waals surface area contributed by atoms with E-state index in [4.69, 9.17) is 15.2 Å². The first-order valence-electron chi connectivity index (χ1n) is 12.6. The van der Waals surface area contributed by atoms with Gasteiger partial charge in [0.1, 0.15) is 18.2 Å². The molecule has 1 aromatic rings. The lowest BCUT2D eigenvalue weighted by Gasteiger charge is -2.35. The van der Waals surface area contributed by atoms with Crippen molar-refractivity contribution < 1.29 is 23.9 Å². The highest BCUT2D eigenvalue weighted by Crippen LogP contribution is 2.18. The number of nitrogens with one attached hydrogen (secondary N) is 2. The van der Waals surface area contributed by atoms with E-state index in [1.54, 1.807) is 32.6 Å². The zero-order valence-corrected chi connectivity index (χ0v) is 21.9. The number of carbonyl (C=O) groups excluding carboxylic acids is 3. The predicted molar refractivity (Wildman–Crippen MR) is 139 cm³/mol. The second-order valence-electron chi connectivity index (χ2n) is 9.99. The Balaban J connectivity index is 1.95. The maximum absolute atomic E-state index is 13.0. The number of nitrogens with two attached hydrogens (primary N) is 1. The van der Waals surface area contributed by atoms with Gasteiger partial charge < -0.3 is 30.7 Å². The number of likely N-dealkylation sites (tertiary alicyclic amines) is 1. The summed E-state index contributed by atoms with van der Waals surface area (Å²) in [7, 11) is 0. The molecule has 36 heavy (non-hydrogen) atoms. The van der Waals surface area contributed by atoms with Crippen molar-refractivity contribution in [2.24, 2.45) is 10.7 Å². The minimum absolute atomic E-state index is 0.183. The van der Waals surface area contributed by atoms with E-state index >= 15 is 0 Å². The number of piperidine rings is 1. The molecule has 10 heteroatoms. The van der Waals surface area contributed by atoms with Crippen molar-refractivity contribution >= 4 is 23.9 Å². The molecule has 0 bridgehead atoms. The van der Waals surface area contributed by atoms with Crippen LogP contribution in [-0.4, -0.2) is 66.1 Å². The van der Waals surface area contributed by atoms with Gasteiger partial charge in [-0.3, -0.25) is 9.79 Å². The Morgan fingerprint density at radius 3 is 2.58 bits per heavy atom. The molecule has 0 saturated carbocycles. The number of amides is 3. The summed E-state index contributed by atoms with van der Waals surface area (Å²) in [5, 5.41) is 5.57. The summed E-state index contributed by atoms with van der Waals surface area (Å²) in [4.78, 5) is 43.9. The van der Waals surface area contributed by atoms with E-state index in [0.717, 1.165) is 24.8 Å². The normalized spacial score (nSPS) is 17.2. The van der Waals surface area contributed by atoms with Gasteiger partial charge in [0.2, 0.25) is 5.91 Å².